The number of hydrogen-bond donors (Lipinski definition) is 1. The van der Waals surface area contributed by atoms with Crippen LogP contribution in [0.3, 0.4) is 0 Å². The summed E-state index contributed by atoms with van der Waals surface area (Å²) >= 11 is 0. The third kappa shape index (κ3) is 4.35. The largest absolute Gasteiger partial charge is 0.453 e. The van der Waals surface area contributed by atoms with E-state index in [1.807, 2.05) is 32.0 Å². The maximum Gasteiger partial charge on any atom is 0.338 e. The minimum atomic E-state index is -0.601. The van der Waals surface area contributed by atoms with Gasteiger partial charge in [0, 0.05) is 11.3 Å². The molecule has 2 aromatic carbocycles. The second kappa shape index (κ2) is 8.35. The highest BCUT2D eigenvalue weighted by molar-refractivity contribution is 5.96. The van der Waals surface area contributed by atoms with E-state index in [0.29, 0.717) is 17.6 Å². The number of ether oxygens (including phenoxy) is 1. The Balaban J connectivity index is 1.58. The summed E-state index contributed by atoms with van der Waals surface area (Å²) in [7, 11) is 0. The van der Waals surface area contributed by atoms with Crippen molar-refractivity contribution in [3.8, 4) is 11.3 Å². The van der Waals surface area contributed by atoms with E-state index in [0.717, 1.165) is 22.4 Å². The summed E-state index contributed by atoms with van der Waals surface area (Å²) in [5.74, 6) is -0.251. The Morgan fingerprint density at radius 2 is 1.68 bits per heavy atom. The zero-order valence-corrected chi connectivity index (χ0v) is 15.5. The van der Waals surface area contributed by atoms with Gasteiger partial charge in [-0.15, -0.1) is 0 Å². The molecule has 28 heavy (non-hydrogen) atoms. The Hall–Kier alpha value is -3.67. The molecule has 1 aromatic heterocycles. The van der Waals surface area contributed by atoms with Gasteiger partial charge in [-0.25, -0.2) is 4.79 Å². The first-order chi connectivity index (χ1) is 13.5. The first-order valence-corrected chi connectivity index (χ1v) is 8.66. The van der Waals surface area contributed by atoms with Crippen LogP contribution in [0, 0.1) is 13.8 Å². The van der Waals surface area contributed by atoms with Crippen LogP contribution in [0.5, 0.6) is 0 Å². The Bertz CT molecular complexity index is 997. The molecule has 0 aliphatic rings. The molecular formula is C22H19NO5. The molecule has 3 rings (SSSR count). The molecule has 142 valence electrons. The number of benzene rings is 2. The van der Waals surface area contributed by atoms with Gasteiger partial charge < -0.3 is 14.5 Å². The van der Waals surface area contributed by atoms with Gasteiger partial charge >= 0.3 is 5.97 Å². The van der Waals surface area contributed by atoms with Crippen molar-refractivity contribution >= 4 is 23.9 Å². The fourth-order valence-corrected chi connectivity index (χ4v) is 2.74. The molecule has 6 heteroatoms. The number of rotatable bonds is 6. The van der Waals surface area contributed by atoms with E-state index in [-0.39, 0.29) is 12.4 Å². The molecule has 1 heterocycles. The van der Waals surface area contributed by atoms with Crippen molar-refractivity contribution < 1.29 is 23.5 Å². The lowest BCUT2D eigenvalue weighted by atomic mass is 10.1. The van der Waals surface area contributed by atoms with Gasteiger partial charge in [-0.05, 0) is 49.2 Å². The van der Waals surface area contributed by atoms with Crippen molar-refractivity contribution in [2.75, 3.05) is 11.9 Å². The van der Waals surface area contributed by atoms with Gasteiger partial charge in [0.15, 0.2) is 18.7 Å². The molecule has 0 fully saturated rings. The second-order valence-corrected chi connectivity index (χ2v) is 6.29. The van der Waals surface area contributed by atoms with Crippen molar-refractivity contribution in [3.05, 3.63) is 77.0 Å². The van der Waals surface area contributed by atoms with Crippen LogP contribution in [0.1, 0.15) is 32.0 Å². The number of aldehydes is 1. The molecule has 0 aliphatic heterocycles. The van der Waals surface area contributed by atoms with E-state index in [1.165, 1.54) is 0 Å². The molecule has 0 saturated carbocycles. The number of furan rings is 1. The van der Waals surface area contributed by atoms with E-state index in [4.69, 9.17) is 9.15 Å². The average molecular weight is 377 g/mol. The molecule has 3 aromatic rings. The normalized spacial score (nSPS) is 10.4. The van der Waals surface area contributed by atoms with Crippen LogP contribution in [-0.4, -0.2) is 24.8 Å². The van der Waals surface area contributed by atoms with E-state index < -0.39 is 11.9 Å². The number of esters is 1. The highest BCUT2D eigenvalue weighted by atomic mass is 16.5. The van der Waals surface area contributed by atoms with Gasteiger partial charge in [0.05, 0.1) is 5.56 Å². The molecule has 6 nitrogen and oxygen atoms in total. The second-order valence-electron chi connectivity index (χ2n) is 6.29. The Morgan fingerprint density at radius 3 is 2.29 bits per heavy atom. The topological polar surface area (TPSA) is 85.6 Å². The fraction of sp³-hybridized carbons (Fsp3) is 0.136. The number of aryl methyl sites for hydroxylation is 2. The summed E-state index contributed by atoms with van der Waals surface area (Å²) in [6.07, 6.45) is 0.624. The fourth-order valence-electron chi connectivity index (χ4n) is 2.74. The number of anilines is 1. The predicted octanol–water partition coefficient (Wildman–Crippen LogP) is 4.17. The number of nitrogens with one attached hydrogen (secondary N) is 1. The molecule has 0 saturated heterocycles. The third-order valence-electron chi connectivity index (χ3n) is 4.23. The van der Waals surface area contributed by atoms with Crippen LogP contribution in [0.4, 0.5) is 5.69 Å². The van der Waals surface area contributed by atoms with Gasteiger partial charge in [0.25, 0.3) is 5.91 Å². The standard InChI is InChI=1S/C22H19NO5/c1-14-4-3-5-15(2)21(14)23-20(25)13-27-22(26)17-8-6-16(7-9-17)19-11-10-18(12-24)28-19/h3-12H,13H2,1-2H3,(H,23,25). The number of para-hydroxylation sites is 1. The van der Waals surface area contributed by atoms with Crippen LogP contribution in [0.25, 0.3) is 11.3 Å². The van der Waals surface area contributed by atoms with Gasteiger partial charge in [-0.2, -0.15) is 0 Å². The quantitative estimate of drug-likeness (QED) is 0.515. The summed E-state index contributed by atoms with van der Waals surface area (Å²) in [6.45, 7) is 3.41. The van der Waals surface area contributed by atoms with Crippen molar-refractivity contribution in [2.45, 2.75) is 13.8 Å². The Kier molecular flexibility index (Phi) is 5.69. The van der Waals surface area contributed by atoms with Crippen LogP contribution in [0.15, 0.2) is 59.0 Å². The zero-order chi connectivity index (χ0) is 20.1. The Morgan fingerprint density at radius 1 is 1.00 bits per heavy atom. The molecular weight excluding hydrogens is 358 g/mol. The van der Waals surface area contributed by atoms with E-state index in [1.54, 1.807) is 36.4 Å². The summed E-state index contributed by atoms with van der Waals surface area (Å²) in [5, 5.41) is 2.77. The van der Waals surface area contributed by atoms with Crippen LogP contribution < -0.4 is 5.32 Å². The minimum absolute atomic E-state index is 0.230. The summed E-state index contributed by atoms with van der Waals surface area (Å²) in [4.78, 5) is 34.9. The number of carbonyl (C=O) groups excluding carboxylic acids is 3. The monoisotopic (exact) mass is 377 g/mol. The number of carbonyl (C=O) groups is 3. The third-order valence-corrected chi connectivity index (χ3v) is 4.23. The SMILES string of the molecule is Cc1cccc(C)c1NC(=O)COC(=O)c1ccc(-c2ccc(C=O)o2)cc1. The van der Waals surface area contributed by atoms with E-state index in [2.05, 4.69) is 5.32 Å². The first kappa shape index (κ1) is 19.1. The molecule has 0 unspecified atom stereocenters. The lowest BCUT2D eigenvalue weighted by molar-refractivity contribution is -0.119. The Labute approximate surface area is 162 Å². The van der Waals surface area contributed by atoms with Gasteiger partial charge in [0.2, 0.25) is 0 Å². The predicted molar refractivity (Wildman–Crippen MR) is 104 cm³/mol. The first-order valence-electron chi connectivity index (χ1n) is 8.66. The van der Waals surface area contributed by atoms with Crippen molar-refractivity contribution in [1.82, 2.24) is 0 Å². The summed E-state index contributed by atoms with van der Waals surface area (Å²) < 4.78 is 10.4. The van der Waals surface area contributed by atoms with Gasteiger partial charge in [-0.1, -0.05) is 30.3 Å². The average Bonchev–Trinajstić information content (AvgIpc) is 3.18. The van der Waals surface area contributed by atoms with Crippen LogP contribution in [-0.2, 0) is 9.53 Å². The number of amides is 1. The number of hydrogen-bond acceptors (Lipinski definition) is 5. The molecule has 0 bridgehead atoms. The van der Waals surface area contributed by atoms with Crippen LogP contribution >= 0.6 is 0 Å². The minimum Gasteiger partial charge on any atom is -0.453 e. The van der Waals surface area contributed by atoms with E-state index in [9.17, 15) is 14.4 Å². The van der Waals surface area contributed by atoms with Crippen molar-refractivity contribution in [3.63, 3.8) is 0 Å². The summed E-state index contributed by atoms with van der Waals surface area (Å²) in [6, 6.07) is 15.5. The zero-order valence-electron chi connectivity index (χ0n) is 15.5. The lowest BCUT2D eigenvalue weighted by Crippen LogP contribution is -2.21. The lowest BCUT2D eigenvalue weighted by Gasteiger charge is -2.11. The molecule has 1 N–H and O–H groups in total. The van der Waals surface area contributed by atoms with Gasteiger partial charge in [-0.3, -0.25) is 9.59 Å². The molecule has 0 radical (unpaired) electrons. The molecule has 0 atom stereocenters. The molecule has 0 aliphatic carbocycles. The van der Waals surface area contributed by atoms with Crippen LogP contribution in [0.2, 0.25) is 0 Å². The maximum absolute atomic E-state index is 12.2. The van der Waals surface area contributed by atoms with Crippen molar-refractivity contribution in [2.24, 2.45) is 0 Å². The van der Waals surface area contributed by atoms with E-state index >= 15 is 0 Å². The maximum atomic E-state index is 12.2. The smallest absolute Gasteiger partial charge is 0.338 e. The molecule has 1 amide bonds. The van der Waals surface area contributed by atoms with Crippen molar-refractivity contribution in [1.29, 1.82) is 0 Å². The molecule has 0 spiro atoms. The highest BCUT2D eigenvalue weighted by Gasteiger charge is 2.13. The van der Waals surface area contributed by atoms with Gasteiger partial charge in [0.1, 0.15) is 5.76 Å². The summed E-state index contributed by atoms with van der Waals surface area (Å²) in [5.41, 5.74) is 3.63. The highest BCUT2D eigenvalue weighted by Crippen LogP contribution is 2.22.